The van der Waals surface area contributed by atoms with Crippen LogP contribution >= 0.6 is 0 Å². The van der Waals surface area contributed by atoms with E-state index in [1.54, 1.807) is 0 Å². The maximum absolute atomic E-state index is 11.3. The van der Waals surface area contributed by atoms with Crippen LogP contribution < -0.4 is 16.0 Å². The summed E-state index contributed by atoms with van der Waals surface area (Å²) in [5, 5.41) is 9.15. The third-order valence-corrected chi connectivity index (χ3v) is 2.95. The molecule has 0 saturated carbocycles. The van der Waals surface area contributed by atoms with E-state index in [2.05, 4.69) is 22.9 Å². The van der Waals surface area contributed by atoms with Crippen molar-refractivity contribution >= 4 is 6.03 Å². The summed E-state index contributed by atoms with van der Waals surface area (Å²) < 4.78 is 0. The Kier molecular flexibility index (Phi) is 5.47. The van der Waals surface area contributed by atoms with Gasteiger partial charge < -0.3 is 16.0 Å². The molecule has 2 amide bonds. The fourth-order valence-electron chi connectivity index (χ4n) is 1.89. The van der Waals surface area contributed by atoms with Crippen LogP contribution in [-0.4, -0.2) is 31.7 Å². The standard InChI is InChI=1S/C11H23N3O/c1-3-6-13-11(15)14-8-10-9(2)5-4-7-12-10/h9-10,12H,3-8H2,1-2H3,(H2,13,14,15). The van der Waals surface area contributed by atoms with E-state index < -0.39 is 0 Å². The molecule has 4 heteroatoms. The second-order valence-corrected chi connectivity index (χ2v) is 4.32. The number of hydrogen-bond acceptors (Lipinski definition) is 2. The van der Waals surface area contributed by atoms with E-state index >= 15 is 0 Å². The van der Waals surface area contributed by atoms with Gasteiger partial charge in [0.05, 0.1) is 0 Å². The summed E-state index contributed by atoms with van der Waals surface area (Å²) in [6, 6.07) is 0.391. The third kappa shape index (κ3) is 4.51. The first kappa shape index (κ1) is 12.3. The zero-order valence-electron chi connectivity index (χ0n) is 9.81. The maximum atomic E-state index is 11.3. The molecule has 0 aromatic carbocycles. The summed E-state index contributed by atoms with van der Waals surface area (Å²) in [4.78, 5) is 11.3. The Bertz CT molecular complexity index is 196. The van der Waals surface area contributed by atoms with Crippen LogP contribution in [0.2, 0.25) is 0 Å². The number of hydrogen-bond donors (Lipinski definition) is 3. The highest BCUT2D eigenvalue weighted by Gasteiger charge is 2.20. The molecule has 0 aliphatic carbocycles. The molecule has 2 unspecified atom stereocenters. The SMILES string of the molecule is CCCNC(=O)NCC1NCCCC1C. The molecule has 15 heavy (non-hydrogen) atoms. The zero-order chi connectivity index (χ0) is 11.1. The first-order chi connectivity index (χ1) is 7.24. The summed E-state index contributed by atoms with van der Waals surface area (Å²) in [6.07, 6.45) is 3.49. The molecule has 0 aromatic heterocycles. The van der Waals surface area contributed by atoms with Crippen LogP contribution in [-0.2, 0) is 0 Å². The second-order valence-electron chi connectivity index (χ2n) is 4.32. The van der Waals surface area contributed by atoms with Crippen LogP contribution in [0.3, 0.4) is 0 Å². The van der Waals surface area contributed by atoms with Crippen molar-refractivity contribution < 1.29 is 4.79 Å². The molecule has 2 atom stereocenters. The number of amides is 2. The minimum absolute atomic E-state index is 0.0450. The smallest absolute Gasteiger partial charge is 0.314 e. The number of urea groups is 1. The van der Waals surface area contributed by atoms with Crippen LogP contribution in [0.5, 0.6) is 0 Å². The van der Waals surface area contributed by atoms with Gasteiger partial charge in [-0.1, -0.05) is 13.8 Å². The average molecular weight is 213 g/mol. The van der Waals surface area contributed by atoms with Gasteiger partial charge >= 0.3 is 6.03 Å². The zero-order valence-corrected chi connectivity index (χ0v) is 9.81. The van der Waals surface area contributed by atoms with E-state index in [0.717, 1.165) is 26.1 Å². The number of rotatable bonds is 4. The van der Waals surface area contributed by atoms with E-state index in [-0.39, 0.29) is 6.03 Å². The second kappa shape index (κ2) is 6.67. The van der Waals surface area contributed by atoms with Gasteiger partial charge in [-0.3, -0.25) is 0 Å². The molecule has 0 aromatic rings. The Morgan fingerprint density at radius 3 is 2.93 bits per heavy atom. The quantitative estimate of drug-likeness (QED) is 0.654. The maximum Gasteiger partial charge on any atom is 0.314 e. The van der Waals surface area contributed by atoms with Gasteiger partial charge in [0.15, 0.2) is 0 Å². The van der Waals surface area contributed by atoms with Crippen LogP contribution in [0, 0.1) is 5.92 Å². The molecule has 1 aliphatic heterocycles. The normalized spacial score (nSPS) is 26.0. The van der Waals surface area contributed by atoms with E-state index in [9.17, 15) is 4.79 Å². The third-order valence-electron chi connectivity index (χ3n) is 2.95. The molecule has 1 saturated heterocycles. The van der Waals surface area contributed by atoms with Crippen molar-refractivity contribution in [1.29, 1.82) is 0 Å². The summed E-state index contributed by atoms with van der Waals surface area (Å²) >= 11 is 0. The van der Waals surface area contributed by atoms with Gasteiger partial charge in [0.25, 0.3) is 0 Å². The highest BCUT2D eigenvalue weighted by Crippen LogP contribution is 2.14. The highest BCUT2D eigenvalue weighted by atomic mass is 16.2. The van der Waals surface area contributed by atoms with E-state index in [1.165, 1.54) is 12.8 Å². The molecule has 4 nitrogen and oxygen atoms in total. The lowest BCUT2D eigenvalue weighted by Gasteiger charge is -2.30. The minimum atomic E-state index is -0.0450. The molecule has 1 heterocycles. The first-order valence-electron chi connectivity index (χ1n) is 5.99. The molecule has 1 fully saturated rings. The first-order valence-corrected chi connectivity index (χ1v) is 5.99. The monoisotopic (exact) mass is 213 g/mol. The lowest BCUT2D eigenvalue weighted by Crippen LogP contribution is -2.49. The van der Waals surface area contributed by atoms with Crippen molar-refractivity contribution in [3.8, 4) is 0 Å². The van der Waals surface area contributed by atoms with Gasteiger partial charge in [-0.2, -0.15) is 0 Å². The summed E-state index contributed by atoms with van der Waals surface area (Å²) in [7, 11) is 0. The van der Waals surface area contributed by atoms with Crippen LogP contribution in [0.4, 0.5) is 4.79 Å². The lowest BCUT2D eigenvalue weighted by atomic mass is 9.93. The predicted octanol–water partition coefficient (Wildman–Crippen LogP) is 1.08. The molecule has 0 spiro atoms. The fraction of sp³-hybridized carbons (Fsp3) is 0.909. The molecule has 0 bridgehead atoms. The molecule has 1 aliphatic rings. The minimum Gasteiger partial charge on any atom is -0.338 e. The van der Waals surface area contributed by atoms with Crippen molar-refractivity contribution in [3.05, 3.63) is 0 Å². The van der Waals surface area contributed by atoms with Gasteiger partial charge in [0, 0.05) is 19.1 Å². The summed E-state index contributed by atoms with van der Waals surface area (Å²) in [5.74, 6) is 0.658. The molecular formula is C11H23N3O. The van der Waals surface area contributed by atoms with Crippen molar-refractivity contribution in [2.45, 2.75) is 39.2 Å². The van der Waals surface area contributed by atoms with E-state index in [1.807, 2.05) is 6.92 Å². The average Bonchev–Trinajstić information content (AvgIpc) is 2.25. The number of carbonyl (C=O) groups excluding carboxylic acids is 1. The highest BCUT2D eigenvalue weighted by molar-refractivity contribution is 5.73. The molecule has 3 N–H and O–H groups in total. The topological polar surface area (TPSA) is 53.2 Å². The van der Waals surface area contributed by atoms with Gasteiger partial charge in [-0.15, -0.1) is 0 Å². The Morgan fingerprint density at radius 1 is 1.47 bits per heavy atom. The fourth-order valence-corrected chi connectivity index (χ4v) is 1.89. The molecule has 0 radical (unpaired) electrons. The Balaban J connectivity index is 2.14. The van der Waals surface area contributed by atoms with Gasteiger partial charge in [0.1, 0.15) is 0 Å². The van der Waals surface area contributed by atoms with Gasteiger partial charge in [-0.25, -0.2) is 4.79 Å². The molecule has 88 valence electrons. The van der Waals surface area contributed by atoms with Gasteiger partial charge in [0.2, 0.25) is 0 Å². The van der Waals surface area contributed by atoms with Crippen molar-refractivity contribution in [3.63, 3.8) is 0 Å². The number of piperidine rings is 1. The Labute approximate surface area is 92.2 Å². The Morgan fingerprint density at radius 2 is 2.27 bits per heavy atom. The van der Waals surface area contributed by atoms with Crippen molar-refractivity contribution in [2.24, 2.45) is 5.92 Å². The van der Waals surface area contributed by atoms with Crippen LogP contribution in [0.25, 0.3) is 0 Å². The Hall–Kier alpha value is -0.770. The molecular weight excluding hydrogens is 190 g/mol. The summed E-state index contributed by atoms with van der Waals surface area (Å²) in [5.41, 5.74) is 0. The van der Waals surface area contributed by atoms with Crippen LogP contribution in [0.15, 0.2) is 0 Å². The van der Waals surface area contributed by atoms with Crippen LogP contribution in [0.1, 0.15) is 33.1 Å². The summed E-state index contributed by atoms with van der Waals surface area (Å²) in [6.45, 7) is 6.84. The number of carbonyl (C=O) groups is 1. The van der Waals surface area contributed by atoms with Crippen molar-refractivity contribution in [1.82, 2.24) is 16.0 Å². The number of nitrogens with one attached hydrogen (secondary N) is 3. The van der Waals surface area contributed by atoms with Gasteiger partial charge in [-0.05, 0) is 31.7 Å². The van der Waals surface area contributed by atoms with E-state index in [0.29, 0.717) is 12.0 Å². The predicted molar refractivity (Wildman–Crippen MR) is 61.9 cm³/mol. The van der Waals surface area contributed by atoms with E-state index in [4.69, 9.17) is 0 Å². The van der Waals surface area contributed by atoms with Crippen molar-refractivity contribution in [2.75, 3.05) is 19.6 Å². The lowest BCUT2D eigenvalue weighted by molar-refractivity contribution is 0.234. The molecule has 1 rings (SSSR count). The largest absolute Gasteiger partial charge is 0.338 e.